The second-order valence-electron chi connectivity index (χ2n) is 5.38. The zero-order chi connectivity index (χ0) is 18.9. The summed E-state index contributed by atoms with van der Waals surface area (Å²) < 4.78 is 0. The van der Waals surface area contributed by atoms with E-state index in [9.17, 15) is 29.7 Å². The first-order valence-corrected chi connectivity index (χ1v) is 7.76. The Hall–Kier alpha value is -2.80. The SMILES string of the molecule is CCN1C(C)=C(C(=O)O)C(c2ccccc2Cl)C(C(=O)O)=C1C(=O)O. The zero-order valence-electron chi connectivity index (χ0n) is 13.5. The number of nitrogens with zero attached hydrogens (tertiary/aromatic N) is 1. The van der Waals surface area contributed by atoms with Crippen LogP contribution in [0.1, 0.15) is 25.3 Å². The summed E-state index contributed by atoms with van der Waals surface area (Å²) in [7, 11) is 0. The average molecular weight is 366 g/mol. The quantitative estimate of drug-likeness (QED) is 0.734. The van der Waals surface area contributed by atoms with Gasteiger partial charge < -0.3 is 20.2 Å². The van der Waals surface area contributed by atoms with E-state index < -0.39 is 35.1 Å². The van der Waals surface area contributed by atoms with E-state index in [-0.39, 0.29) is 28.4 Å². The summed E-state index contributed by atoms with van der Waals surface area (Å²) in [5.41, 5.74) is -0.791. The summed E-state index contributed by atoms with van der Waals surface area (Å²) in [6.45, 7) is 3.18. The van der Waals surface area contributed by atoms with Crippen LogP contribution in [-0.2, 0) is 14.4 Å². The lowest BCUT2D eigenvalue weighted by Crippen LogP contribution is -2.38. The largest absolute Gasteiger partial charge is 0.478 e. The Morgan fingerprint density at radius 1 is 1.04 bits per heavy atom. The molecule has 0 radical (unpaired) electrons. The molecule has 0 saturated carbocycles. The Labute approximate surface area is 148 Å². The maximum Gasteiger partial charge on any atom is 0.353 e. The van der Waals surface area contributed by atoms with Crippen molar-refractivity contribution in [2.45, 2.75) is 19.8 Å². The van der Waals surface area contributed by atoms with Crippen LogP contribution in [0.5, 0.6) is 0 Å². The molecule has 1 aromatic rings. The van der Waals surface area contributed by atoms with Crippen LogP contribution in [0.25, 0.3) is 0 Å². The zero-order valence-corrected chi connectivity index (χ0v) is 14.2. The lowest BCUT2D eigenvalue weighted by Gasteiger charge is -2.36. The lowest BCUT2D eigenvalue weighted by atomic mass is 9.79. The number of hydrogen-bond donors (Lipinski definition) is 3. The van der Waals surface area contributed by atoms with Crippen LogP contribution in [0.2, 0.25) is 5.02 Å². The molecular formula is C17H16ClNO6. The van der Waals surface area contributed by atoms with Crippen LogP contribution in [0.4, 0.5) is 0 Å². The molecule has 0 saturated heterocycles. The fourth-order valence-electron chi connectivity index (χ4n) is 3.10. The monoisotopic (exact) mass is 365 g/mol. The third kappa shape index (κ3) is 3.10. The minimum absolute atomic E-state index is 0.107. The van der Waals surface area contributed by atoms with Crippen LogP contribution in [0.15, 0.2) is 46.8 Å². The normalized spacial score (nSPS) is 17.7. The lowest BCUT2D eigenvalue weighted by molar-refractivity contribution is -0.138. The Bertz CT molecular complexity index is 826. The van der Waals surface area contributed by atoms with Gasteiger partial charge in [-0.2, -0.15) is 0 Å². The number of allylic oxidation sites excluding steroid dienone is 1. The molecule has 1 aromatic carbocycles. The van der Waals surface area contributed by atoms with E-state index in [0.29, 0.717) is 0 Å². The van der Waals surface area contributed by atoms with Gasteiger partial charge in [-0.1, -0.05) is 29.8 Å². The highest BCUT2D eigenvalue weighted by atomic mass is 35.5. The molecule has 7 nitrogen and oxygen atoms in total. The molecule has 0 fully saturated rings. The predicted molar refractivity (Wildman–Crippen MR) is 89.2 cm³/mol. The van der Waals surface area contributed by atoms with Crippen LogP contribution < -0.4 is 0 Å². The molecule has 1 heterocycles. The molecule has 2 rings (SSSR count). The van der Waals surface area contributed by atoms with E-state index in [0.717, 1.165) is 0 Å². The molecule has 0 spiro atoms. The van der Waals surface area contributed by atoms with Crippen LogP contribution in [-0.4, -0.2) is 44.7 Å². The van der Waals surface area contributed by atoms with Crippen LogP contribution in [0, 0.1) is 0 Å². The predicted octanol–water partition coefficient (Wildman–Crippen LogP) is 2.54. The highest BCUT2D eigenvalue weighted by Crippen LogP contribution is 2.44. The van der Waals surface area contributed by atoms with Gasteiger partial charge in [0.2, 0.25) is 0 Å². The first-order valence-electron chi connectivity index (χ1n) is 7.39. The number of likely N-dealkylation sites (N-methyl/N-ethyl adjacent to an activating group) is 1. The van der Waals surface area contributed by atoms with Crippen molar-refractivity contribution in [3.63, 3.8) is 0 Å². The van der Waals surface area contributed by atoms with Crippen LogP contribution in [0.3, 0.4) is 0 Å². The number of rotatable bonds is 5. The highest BCUT2D eigenvalue weighted by Gasteiger charge is 2.43. The summed E-state index contributed by atoms with van der Waals surface area (Å²) in [6.07, 6.45) is 0. The molecule has 25 heavy (non-hydrogen) atoms. The molecule has 0 aromatic heterocycles. The smallest absolute Gasteiger partial charge is 0.353 e. The van der Waals surface area contributed by atoms with Crippen molar-refractivity contribution < 1.29 is 29.7 Å². The fourth-order valence-corrected chi connectivity index (χ4v) is 3.34. The number of carboxylic acid groups (broad SMARTS) is 3. The number of carboxylic acids is 3. The molecule has 0 bridgehead atoms. The van der Waals surface area contributed by atoms with E-state index >= 15 is 0 Å². The standard InChI is InChI=1S/C17H16ClNO6/c1-3-19-8(2)11(15(20)21)12(9-6-4-5-7-10(9)18)13(16(22)23)14(19)17(24)25/h4-7,12H,3H2,1-2H3,(H,20,21)(H,22,23)(H,24,25). The van der Waals surface area contributed by atoms with Gasteiger partial charge in [0.1, 0.15) is 5.70 Å². The Morgan fingerprint density at radius 2 is 1.60 bits per heavy atom. The molecule has 0 amide bonds. The summed E-state index contributed by atoms with van der Waals surface area (Å²) in [6, 6.07) is 6.19. The third-order valence-corrected chi connectivity index (χ3v) is 4.44. The van der Waals surface area contributed by atoms with Gasteiger partial charge >= 0.3 is 17.9 Å². The van der Waals surface area contributed by atoms with Gasteiger partial charge in [0.25, 0.3) is 0 Å². The molecular weight excluding hydrogens is 350 g/mol. The van der Waals surface area contributed by atoms with Crippen molar-refractivity contribution in [2.75, 3.05) is 6.54 Å². The molecule has 3 N–H and O–H groups in total. The fraction of sp³-hybridized carbons (Fsp3) is 0.235. The molecule has 8 heteroatoms. The van der Waals surface area contributed by atoms with E-state index in [2.05, 4.69) is 0 Å². The summed E-state index contributed by atoms with van der Waals surface area (Å²) in [5, 5.41) is 29.1. The second-order valence-corrected chi connectivity index (χ2v) is 5.78. The summed E-state index contributed by atoms with van der Waals surface area (Å²) in [4.78, 5) is 36.7. The maximum absolute atomic E-state index is 11.9. The number of benzene rings is 1. The van der Waals surface area contributed by atoms with Gasteiger partial charge in [0, 0.05) is 17.3 Å². The van der Waals surface area contributed by atoms with E-state index in [4.69, 9.17) is 11.6 Å². The Balaban J connectivity index is 2.93. The minimum Gasteiger partial charge on any atom is -0.478 e. The number of aliphatic carboxylic acids is 3. The van der Waals surface area contributed by atoms with E-state index in [1.54, 1.807) is 19.1 Å². The van der Waals surface area contributed by atoms with Crippen LogP contribution >= 0.6 is 11.6 Å². The first-order chi connectivity index (χ1) is 11.7. The van der Waals surface area contributed by atoms with Gasteiger partial charge in [0.15, 0.2) is 0 Å². The van der Waals surface area contributed by atoms with Gasteiger partial charge in [-0.15, -0.1) is 0 Å². The van der Waals surface area contributed by atoms with E-state index in [1.807, 2.05) is 0 Å². The maximum atomic E-state index is 11.9. The highest BCUT2D eigenvalue weighted by molar-refractivity contribution is 6.31. The van der Waals surface area contributed by atoms with Crippen molar-refractivity contribution in [1.29, 1.82) is 0 Å². The van der Waals surface area contributed by atoms with Crippen molar-refractivity contribution in [2.24, 2.45) is 0 Å². The first kappa shape index (κ1) is 18.5. The number of carbonyl (C=O) groups is 3. The molecule has 132 valence electrons. The van der Waals surface area contributed by atoms with Crippen molar-refractivity contribution >= 4 is 29.5 Å². The molecule has 1 atom stereocenters. The van der Waals surface area contributed by atoms with Gasteiger partial charge in [0.05, 0.1) is 17.1 Å². The second kappa shape index (κ2) is 6.98. The van der Waals surface area contributed by atoms with Crippen molar-refractivity contribution in [1.82, 2.24) is 4.90 Å². The van der Waals surface area contributed by atoms with Gasteiger partial charge in [-0.25, -0.2) is 14.4 Å². The third-order valence-electron chi connectivity index (χ3n) is 4.09. The summed E-state index contributed by atoms with van der Waals surface area (Å²) >= 11 is 6.15. The molecule has 0 aliphatic carbocycles. The number of hydrogen-bond acceptors (Lipinski definition) is 4. The van der Waals surface area contributed by atoms with E-state index in [1.165, 1.54) is 24.0 Å². The Kier molecular flexibility index (Phi) is 5.18. The molecule has 1 aliphatic rings. The van der Waals surface area contributed by atoms with Crippen molar-refractivity contribution in [3.8, 4) is 0 Å². The average Bonchev–Trinajstić information content (AvgIpc) is 2.53. The van der Waals surface area contributed by atoms with Gasteiger partial charge in [-0.05, 0) is 25.5 Å². The molecule has 1 unspecified atom stereocenters. The minimum atomic E-state index is -1.51. The Morgan fingerprint density at radius 3 is 2.04 bits per heavy atom. The molecule has 1 aliphatic heterocycles. The summed E-state index contributed by atoms with van der Waals surface area (Å²) in [5.74, 6) is -5.58. The topological polar surface area (TPSA) is 115 Å². The van der Waals surface area contributed by atoms with Gasteiger partial charge in [-0.3, -0.25) is 0 Å². The number of halogens is 1. The van der Waals surface area contributed by atoms with Crippen molar-refractivity contribution in [3.05, 3.63) is 57.4 Å².